The molecule has 136 valence electrons. The number of thioether (sulfide) groups is 1. The fourth-order valence-corrected chi connectivity index (χ4v) is 3.86. The van der Waals surface area contributed by atoms with Gasteiger partial charge in [0.2, 0.25) is 0 Å². The van der Waals surface area contributed by atoms with E-state index in [1.165, 1.54) is 16.7 Å². The summed E-state index contributed by atoms with van der Waals surface area (Å²) in [6.07, 6.45) is 1.80. The van der Waals surface area contributed by atoms with E-state index in [4.69, 9.17) is 4.74 Å². The van der Waals surface area contributed by atoms with Crippen molar-refractivity contribution in [2.75, 3.05) is 14.1 Å². The number of amides is 1. The highest BCUT2D eigenvalue weighted by Gasteiger charge is 2.30. The Kier molecular flexibility index (Phi) is 5.99. The summed E-state index contributed by atoms with van der Waals surface area (Å²) in [4.78, 5) is 18.6. The van der Waals surface area contributed by atoms with Gasteiger partial charge in [0, 0.05) is 29.7 Å². The van der Waals surface area contributed by atoms with Crippen LogP contribution in [0.2, 0.25) is 0 Å². The van der Waals surface area contributed by atoms with E-state index in [-0.39, 0.29) is 12.5 Å². The van der Waals surface area contributed by atoms with E-state index in [1.54, 1.807) is 26.2 Å². The normalized spacial score (nSPS) is 16.8. The van der Waals surface area contributed by atoms with Gasteiger partial charge in [0.25, 0.3) is 5.91 Å². The van der Waals surface area contributed by atoms with Crippen LogP contribution in [0.5, 0.6) is 5.75 Å². The zero-order valence-electron chi connectivity index (χ0n) is 14.8. The number of rotatable bonds is 4. The van der Waals surface area contributed by atoms with Gasteiger partial charge in [-0.25, -0.2) is 0 Å². The maximum atomic E-state index is 12.4. The second kappa shape index (κ2) is 8.42. The molecule has 2 aromatic carbocycles. The lowest BCUT2D eigenvalue weighted by Gasteiger charge is -2.11. The Balaban J connectivity index is 1.89. The van der Waals surface area contributed by atoms with Gasteiger partial charge in [-0.3, -0.25) is 14.7 Å². The zero-order chi connectivity index (χ0) is 19.4. The fourth-order valence-electron chi connectivity index (χ4n) is 2.57. The molecule has 1 aliphatic rings. The second-order valence-electron chi connectivity index (χ2n) is 5.72. The van der Waals surface area contributed by atoms with Crippen LogP contribution in [0.15, 0.2) is 56.8 Å². The third kappa shape index (κ3) is 4.24. The molecule has 1 saturated heterocycles. The molecule has 0 bridgehead atoms. The predicted octanol–water partition coefficient (Wildman–Crippen LogP) is 4.43. The van der Waals surface area contributed by atoms with Gasteiger partial charge in [-0.05, 0) is 42.1 Å². The van der Waals surface area contributed by atoms with Gasteiger partial charge in [-0.1, -0.05) is 34.1 Å². The summed E-state index contributed by atoms with van der Waals surface area (Å²) in [6.45, 7) is 0.268. The Morgan fingerprint density at radius 3 is 2.81 bits per heavy atom. The number of aliphatic imine (C=N–C) groups is 1. The van der Waals surface area contributed by atoms with Crippen LogP contribution in [0.4, 0.5) is 0 Å². The highest BCUT2D eigenvalue weighted by atomic mass is 79.9. The number of nitriles is 1. The smallest absolute Gasteiger partial charge is 0.266 e. The van der Waals surface area contributed by atoms with Crippen molar-refractivity contribution in [1.29, 1.82) is 5.26 Å². The predicted molar refractivity (Wildman–Crippen MR) is 111 cm³/mol. The Hall–Kier alpha value is -2.56. The first-order valence-electron chi connectivity index (χ1n) is 8.08. The van der Waals surface area contributed by atoms with Crippen LogP contribution in [0.3, 0.4) is 0 Å². The number of carbonyl (C=O) groups excluding carboxylic acids is 1. The van der Waals surface area contributed by atoms with Crippen LogP contribution in [0.1, 0.15) is 16.7 Å². The first-order valence-corrected chi connectivity index (χ1v) is 9.69. The number of amidine groups is 1. The summed E-state index contributed by atoms with van der Waals surface area (Å²) in [5, 5.41) is 9.88. The molecule has 0 radical (unpaired) electrons. The first-order chi connectivity index (χ1) is 13.0. The Labute approximate surface area is 170 Å². The molecule has 0 aromatic heterocycles. The van der Waals surface area contributed by atoms with Crippen molar-refractivity contribution < 1.29 is 9.53 Å². The molecule has 3 rings (SSSR count). The van der Waals surface area contributed by atoms with Crippen molar-refractivity contribution >= 4 is 44.8 Å². The highest BCUT2D eigenvalue weighted by molar-refractivity contribution is 9.10. The number of benzene rings is 2. The van der Waals surface area contributed by atoms with Gasteiger partial charge in [-0.15, -0.1) is 0 Å². The molecular weight excluding hydrogens is 426 g/mol. The molecule has 27 heavy (non-hydrogen) atoms. The van der Waals surface area contributed by atoms with Gasteiger partial charge < -0.3 is 4.74 Å². The van der Waals surface area contributed by atoms with Crippen LogP contribution in [-0.2, 0) is 11.4 Å². The largest absolute Gasteiger partial charge is 0.488 e. The molecule has 0 N–H and O–H groups in total. The Bertz CT molecular complexity index is 995. The topological polar surface area (TPSA) is 65.7 Å². The molecule has 0 spiro atoms. The maximum Gasteiger partial charge on any atom is 0.266 e. The minimum absolute atomic E-state index is 0.0960. The second-order valence-corrected chi connectivity index (χ2v) is 7.65. The van der Waals surface area contributed by atoms with E-state index >= 15 is 0 Å². The minimum Gasteiger partial charge on any atom is -0.488 e. The van der Waals surface area contributed by atoms with Gasteiger partial charge in [-0.2, -0.15) is 5.26 Å². The molecule has 7 heteroatoms. The van der Waals surface area contributed by atoms with Crippen LogP contribution in [0, 0.1) is 11.3 Å². The number of halogens is 1. The molecule has 0 atom stereocenters. The number of likely N-dealkylation sites (N-methyl/N-ethyl adjacent to an activating group) is 1. The van der Waals surface area contributed by atoms with Crippen LogP contribution in [-0.4, -0.2) is 30.1 Å². The van der Waals surface area contributed by atoms with Crippen molar-refractivity contribution in [3.8, 4) is 11.8 Å². The van der Waals surface area contributed by atoms with Crippen molar-refractivity contribution in [3.63, 3.8) is 0 Å². The number of hydrogen-bond acceptors (Lipinski definition) is 5. The van der Waals surface area contributed by atoms with E-state index in [2.05, 4.69) is 27.0 Å². The standard InChI is InChI=1S/C20H16BrN3O2S/c1-23-20-24(2)19(25)18(27-20)10-15-9-16(21)7-8-17(15)26-12-14-6-4-3-5-13(14)11-22/h3-10H,12H2,1-2H3/b18-10+,23-20?. The molecule has 1 heterocycles. The number of nitrogens with zero attached hydrogens (tertiary/aromatic N) is 3. The van der Waals surface area contributed by atoms with Crippen LogP contribution < -0.4 is 4.74 Å². The van der Waals surface area contributed by atoms with Gasteiger partial charge in [0.15, 0.2) is 5.17 Å². The van der Waals surface area contributed by atoms with Crippen LogP contribution in [0.25, 0.3) is 6.08 Å². The minimum atomic E-state index is -0.0960. The lowest BCUT2D eigenvalue weighted by molar-refractivity contribution is -0.121. The van der Waals surface area contributed by atoms with Gasteiger partial charge in [0.05, 0.1) is 16.5 Å². The van der Waals surface area contributed by atoms with Gasteiger partial charge >= 0.3 is 0 Å². The van der Waals surface area contributed by atoms with Crippen LogP contribution >= 0.6 is 27.7 Å². The molecular formula is C20H16BrN3O2S. The summed E-state index contributed by atoms with van der Waals surface area (Å²) in [7, 11) is 3.37. The van der Waals surface area contributed by atoms with E-state index in [1.807, 2.05) is 36.4 Å². The van der Waals surface area contributed by atoms with E-state index in [0.29, 0.717) is 21.4 Å². The number of hydrogen-bond donors (Lipinski definition) is 0. The molecule has 1 aliphatic heterocycles. The average Bonchev–Trinajstić information content (AvgIpc) is 2.95. The van der Waals surface area contributed by atoms with Gasteiger partial charge in [0.1, 0.15) is 12.4 Å². The molecule has 1 fully saturated rings. The SMILES string of the molecule is CN=C1S/C(=C/c2cc(Br)ccc2OCc2ccccc2C#N)C(=O)N1C. The molecule has 2 aromatic rings. The fraction of sp³-hybridized carbons (Fsp3) is 0.150. The van der Waals surface area contributed by atoms with E-state index in [0.717, 1.165) is 15.6 Å². The summed E-state index contributed by atoms with van der Waals surface area (Å²) >= 11 is 4.79. The molecule has 0 aliphatic carbocycles. The third-order valence-corrected chi connectivity index (χ3v) is 5.62. The summed E-state index contributed by atoms with van der Waals surface area (Å²) in [5.41, 5.74) is 2.18. The maximum absolute atomic E-state index is 12.4. The summed E-state index contributed by atoms with van der Waals surface area (Å²) < 4.78 is 6.85. The van der Waals surface area contributed by atoms with Crippen molar-refractivity contribution in [1.82, 2.24) is 4.90 Å². The highest BCUT2D eigenvalue weighted by Crippen LogP contribution is 2.34. The number of carbonyl (C=O) groups is 1. The third-order valence-electron chi connectivity index (χ3n) is 3.97. The summed E-state index contributed by atoms with van der Waals surface area (Å²) in [6, 6.07) is 15.1. The molecule has 5 nitrogen and oxygen atoms in total. The molecule has 0 unspecified atom stereocenters. The van der Waals surface area contributed by atoms with Crippen molar-refractivity contribution in [3.05, 3.63) is 68.5 Å². The van der Waals surface area contributed by atoms with E-state index in [9.17, 15) is 10.1 Å². The average molecular weight is 442 g/mol. The van der Waals surface area contributed by atoms with Crippen molar-refractivity contribution in [2.24, 2.45) is 4.99 Å². The number of ether oxygens (including phenoxy) is 1. The first kappa shape index (κ1) is 19.2. The summed E-state index contributed by atoms with van der Waals surface area (Å²) in [5.74, 6) is 0.540. The lowest BCUT2D eigenvalue weighted by atomic mass is 10.1. The monoisotopic (exact) mass is 441 g/mol. The zero-order valence-corrected chi connectivity index (χ0v) is 17.2. The molecule has 0 saturated carbocycles. The Morgan fingerprint density at radius 1 is 1.33 bits per heavy atom. The quantitative estimate of drug-likeness (QED) is 0.658. The lowest BCUT2D eigenvalue weighted by Crippen LogP contribution is -2.23. The van der Waals surface area contributed by atoms with E-state index < -0.39 is 0 Å². The molecule has 1 amide bonds. The Morgan fingerprint density at radius 2 is 2.11 bits per heavy atom. The van der Waals surface area contributed by atoms with Crippen molar-refractivity contribution in [2.45, 2.75) is 6.61 Å².